The molecule has 0 radical (unpaired) electrons. The van der Waals surface area contributed by atoms with E-state index in [-0.39, 0.29) is 18.9 Å². The molecular formula is C15H18BrN3O5S. The second-order valence-corrected chi connectivity index (χ2v) is 10.3. The van der Waals surface area contributed by atoms with E-state index in [4.69, 9.17) is 9.84 Å². The van der Waals surface area contributed by atoms with Crippen molar-refractivity contribution in [3.63, 3.8) is 0 Å². The number of sulfone groups is 1. The van der Waals surface area contributed by atoms with E-state index in [9.17, 15) is 13.2 Å². The van der Waals surface area contributed by atoms with Gasteiger partial charge in [0.15, 0.2) is 9.84 Å². The lowest BCUT2D eigenvalue weighted by atomic mass is 9.87. The van der Waals surface area contributed by atoms with Gasteiger partial charge in [-0.3, -0.25) is 10.3 Å². The highest BCUT2D eigenvalue weighted by atomic mass is 79.9. The SMILES string of the molecule is CC1(C)C(NC(=O)O)=N[C@]2(C)c3cc(Br)cnc3OCC[C@@H]2S1(=O)=O. The number of aromatic nitrogens is 1. The summed E-state index contributed by atoms with van der Waals surface area (Å²) >= 11 is 3.34. The van der Waals surface area contributed by atoms with Gasteiger partial charge >= 0.3 is 6.09 Å². The number of aliphatic imine (C=N–C) groups is 1. The lowest BCUT2D eigenvalue weighted by molar-refractivity contribution is 0.199. The molecule has 0 aromatic carbocycles. The van der Waals surface area contributed by atoms with E-state index in [1.807, 2.05) is 0 Å². The number of amides is 1. The third-order valence-corrected chi connectivity index (χ3v) is 8.33. The normalized spacial score (nSPS) is 29.3. The van der Waals surface area contributed by atoms with Crippen molar-refractivity contribution in [2.24, 2.45) is 4.99 Å². The molecule has 0 fully saturated rings. The number of fused-ring (bicyclic) bond motifs is 3. The van der Waals surface area contributed by atoms with Crippen LogP contribution in [0.2, 0.25) is 0 Å². The Hall–Kier alpha value is -1.68. The Balaban J connectivity index is 2.33. The third-order valence-electron chi connectivity index (χ3n) is 4.83. The lowest BCUT2D eigenvalue weighted by Gasteiger charge is -2.43. The van der Waals surface area contributed by atoms with Crippen LogP contribution in [0.5, 0.6) is 5.88 Å². The predicted molar refractivity (Wildman–Crippen MR) is 94.8 cm³/mol. The van der Waals surface area contributed by atoms with Crippen LogP contribution in [-0.2, 0) is 15.4 Å². The molecule has 0 spiro atoms. The van der Waals surface area contributed by atoms with Crippen molar-refractivity contribution in [2.45, 2.75) is 42.7 Å². The average molecular weight is 432 g/mol. The number of hydrogen-bond donors (Lipinski definition) is 2. The Bertz CT molecular complexity index is 883. The van der Waals surface area contributed by atoms with Crippen LogP contribution in [0.15, 0.2) is 21.7 Å². The first-order chi connectivity index (χ1) is 11.5. The number of amidine groups is 1. The molecule has 0 saturated carbocycles. The van der Waals surface area contributed by atoms with Gasteiger partial charge in [0.05, 0.1) is 11.9 Å². The topological polar surface area (TPSA) is 118 Å². The largest absolute Gasteiger partial charge is 0.477 e. The van der Waals surface area contributed by atoms with Gasteiger partial charge in [-0.1, -0.05) is 0 Å². The van der Waals surface area contributed by atoms with E-state index < -0.39 is 31.5 Å². The van der Waals surface area contributed by atoms with Crippen LogP contribution >= 0.6 is 15.9 Å². The number of pyridine rings is 1. The van der Waals surface area contributed by atoms with Crippen molar-refractivity contribution in [1.29, 1.82) is 0 Å². The molecule has 2 aliphatic heterocycles. The first-order valence-corrected chi connectivity index (χ1v) is 9.96. The fourth-order valence-electron chi connectivity index (χ4n) is 3.35. The van der Waals surface area contributed by atoms with Gasteiger partial charge in [0.25, 0.3) is 0 Å². The van der Waals surface area contributed by atoms with E-state index in [2.05, 4.69) is 31.2 Å². The van der Waals surface area contributed by atoms with E-state index in [0.29, 0.717) is 15.9 Å². The summed E-state index contributed by atoms with van der Waals surface area (Å²) in [6, 6.07) is 1.72. The smallest absolute Gasteiger partial charge is 0.410 e. The molecular weight excluding hydrogens is 414 g/mol. The molecule has 2 N–H and O–H groups in total. The highest BCUT2D eigenvalue weighted by molar-refractivity contribution is 9.10. The summed E-state index contributed by atoms with van der Waals surface area (Å²) < 4.78 is 31.5. The summed E-state index contributed by atoms with van der Waals surface area (Å²) in [6.07, 6.45) is 0.436. The number of nitrogens with zero attached hydrogens (tertiary/aromatic N) is 2. The van der Waals surface area contributed by atoms with Gasteiger partial charge in [0, 0.05) is 22.7 Å². The van der Waals surface area contributed by atoms with Gasteiger partial charge in [-0.25, -0.2) is 18.2 Å². The van der Waals surface area contributed by atoms with Crippen molar-refractivity contribution < 1.29 is 23.1 Å². The maximum Gasteiger partial charge on any atom is 0.410 e. The molecule has 2 aliphatic rings. The van der Waals surface area contributed by atoms with Gasteiger partial charge in [-0.15, -0.1) is 0 Å². The van der Waals surface area contributed by atoms with Crippen LogP contribution in [0.3, 0.4) is 0 Å². The number of carboxylic acid groups (broad SMARTS) is 1. The van der Waals surface area contributed by atoms with Gasteiger partial charge in [0.2, 0.25) is 5.88 Å². The first kappa shape index (κ1) is 18.1. The molecule has 1 amide bonds. The molecule has 0 bridgehead atoms. The van der Waals surface area contributed by atoms with Crippen LogP contribution in [0.25, 0.3) is 0 Å². The maximum atomic E-state index is 13.3. The molecule has 25 heavy (non-hydrogen) atoms. The second-order valence-electron chi connectivity index (χ2n) is 6.73. The minimum atomic E-state index is -3.77. The quantitative estimate of drug-likeness (QED) is 0.648. The minimum Gasteiger partial charge on any atom is -0.477 e. The zero-order valence-corrected chi connectivity index (χ0v) is 16.3. The van der Waals surface area contributed by atoms with Gasteiger partial charge in [0.1, 0.15) is 16.1 Å². The fourth-order valence-corrected chi connectivity index (χ4v) is 5.95. The molecule has 0 unspecified atom stereocenters. The average Bonchev–Trinajstić information content (AvgIpc) is 2.63. The molecule has 10 heteroatoms. The Morgan fingerprint density at radius 3 is 2.76 bits per heavy atom. The summed E-state index contributed by atoms with van der Waals surface area (Å²) in [6.45, 7) is 4.79. The summed E-state index contributed by atoms with van der Waals surface area (Å²) in [5.74, 6) is 0.202. The monoisotopic (exact) mass is 431 g/mol. The molecule has 1 aromatic heterocycles. The molecule has 8 nitrogen and oxygen atoms in total. The molecule has 3 heterocycles. The Morgan fingerprint density at radius 1 is 1.44 bits per heavy atom. The standard InChI is InChI=1S/C15H18BrN3O5S/c1-14(2)12(18-13(20)21)19-15(3)9-6-8(16)7-17-11(9)24-5-4-10(15)25(14,22)23/h6-7,10H,4-5H2,1-3H3,(H,18,19)(H,20,21)/t10-,15+/m0/s1. The summed E-state index contributed by atoms with van der Waals surface area (Å²) in [5, 5.41) is 10.4. The minimum absolute atomic E-state index is 0.105. The number of nitrogens with one attached hydrogen (secondary N) is 1. The zero-order valence-electron chi connectivity index (χ0n) is 13.9. The molecule has 2 atom stereocenters. The van der Waals surface area contributed by atoms with Crippen LogP contribution in [0.4, 0.5) is 4.79 Å². The van der Waals surface area contributed by atoms with Crippen molar-refractivity contribution >= 4 is 37.7 Å². The number of ether oxygens (including phenoxy) is 1. The van der Waals surface area contributed by atoms with Crippen molar-refractivity contribution in [3.05, 3.63) is 22.3 Å². The van der Waals surface area contributed by atoms with Gasteiger partial charge in [-0.05, 0) is 42.8 Å². The molecule has 3 rings (SSSR count). The summed E-state index contributed by atoms with van der Waals surface area (Å²) in [4.78, 5) is 20.0. The molecule has 0 aliphatic carbocycles. The Labute approximate surface area is 153 Å². The Morgan fingerprint density at radius 2 is 2.12 bits per heavy atom. The highest BCUT2D eigenvalue weighted by Crippen LogP contribution is 2.48. The maximum absolute atomic E-state index is 13.3. The number of halogens is 1. The van der Waals surface area contributed by atoms with E-state index in [1.54, 1.807) is 19.2 Å². The highest BCUT2D eigenvalue weighted by Gasteiger charge is 2.58. The fraction of sp³-hybridized carbons (Fsp3) is 0.533. The van der Waals surface area contributed by atoms with Crippen molar-refractivity contribution in [2.75, 3.05) is 6.61 Å². The van der Waals surface area contributed by atoms with Crippen molar-refractivity contribution in [3.8, 4) is 5.88 Å². The Kier molecular flexibility index (Phi) is 4.11. The van der Waals surface area contributed by atoms with E-state index in [0.717, 1.165) is 0 Å². The number of hydrogen-bond acceptors (Lipinski definition) is 6. The second kappa shape index (κ2) is 5.66. The van der Waals surface area contributed by atoms with Crippen LogP contribution in [-0.4, -0.2) is 47.0 Å². The molecule has 1 aromatic rings. The summed E-state index contributed by atoms with van der Waals surface area (Å²) in [7, 11) is -3.77. The van der Waals surface area contributed by atoms with Gasteiger partial charge < -0.3 is 9.84 Å². The van der Waals surface area contributed by atoms with Crippen molar-refractivity contribution in [1.82, 2.24) is 10.3 Å². The first-order valence-electron chi connectivity index (χ1n) is 7.62. The number of rotatable bonds is 0. The molecule has 0 saturated heterocycles. The number of carbonyl (C=O) groups is 1. The predicted octanol–water partition coefficient (Wildman–Crippen LogP) is 2.08. The van der Waals surface area contributed by atoms with Crippen LogP contribution in [0.1, 0.15) is 32.8 Å². The van der Waals surface area contributed by atoms with Crippen LogP contribution in [0, 0.1) is 0 Å². The molecule has 136 valence electrons. The third kappa shape index (κ3) is 2.62. The zero-order chi connectivity index (χ0) is 18.6. The van der Waals surface area contributed by atoms with Gasteiger partial charge in [-0.2, -0.15) is 0 Å². The summed E-state index contributed by atoms with van der Waals surface area (Å²) in [5.41, 5.74) is -0.706. The van der Waals surface area contributed by atoms with E-state index in [1.165, 1.54) is 13.8 Å². The van der Waals surface area contributed by atoms with Crippen LogP contribution < -0.4 is 10.1 Å². The van der Waals surface area contributed by atoms with E-state index >= 15 is 0 Å². The lowest BCUT2D eigenvalue weighted by Crippen LogP contribution is -2.61.